The van der Waals surface area contributed by atoms with E-state index < -0.39 is 13.9 Å². The molecule has 0 bridgehead atoms. The molecule has 0 rings (SSSR count). The Bertz CT molecular complexity index is 1110. The van der Waals surface area contributed by atoms with E-state index in [4.69, 9.17) is 18.5 Å². The smallest absolute Gasteiger partial charge is 0.306 e. The Morgan fingerprint density at radius 2 is 0.833 bits per heavy atom. The molecule has 0 heterocycles. The summed E-state index contributed by atoms with van der Waals surface area (Å²) < 4.78 is 34.8. The zero-order valence-corrected chi connectivity index (χ0v) is 45.6. The first kappa shape index (κ1) is 65.0. The van der Waals surface area contributed by atoms with Gasteiger partial charge in [-0.3, -0.25) is 9.36 Å². The van der Waals surface area contributed by atoms with Gasteiger partial charge in [-0.15, -0.1) is 0 Å². The summed E-state index contributed by atoms with van der Waals surface area (Å²) in [6, 6.07) is 0. The monoisotopic (exact) mass is 954 g/mol. The van der Waals surface area contributed by atoms with Gasteiger partial charge in [-0.05, 0) is 44.9 Å². The summed E-state index contributed by atoms with van der Waals surface area (Å²) in [6.07, 6.45) is 60.7. The minimum absolute atomic E-state index is 0.0292. The van der Waals surface area contributed by atoms with Crippen LogP contribution in [0.5, 0.6) is 0 Å². The van der Waals surface area contributed by atoms with Crippen LogP contribution in [0, 0.1) is 0 Å². The average Bonchev–Trinajstić information content (AvgIpc) is 3.28. The molecule has 0 saturated carbocycles. The quantitative estimate of drug-likeness (QED) is 0.0197. The van der Waals surface area contributed by atoms with Gasteiger partial charge in [0.1, 0.15) is 19.3 Å². The first-order chi connectivity index (χ1) is 32.1. The molecule has 0 aromatic heterocycles. The highest BCUT2D eigenvalue weighted by atomic mass is 31.2. The first-order valence-electron chi connectivity index (χ1n) is 28.6. The molecule has 0 fully saturated rings. The van der Waals surface area contributed by atoms with Crippen molar-refractivity contribution in [2.45, 2.75) is 283 Å². The van der Waals surface area contributed by atoms with Gasteiger partial charge in [-0.25, -0.2) is 0 Å². The molecule has 0 N–H and O–H groups in total. The predicted octanol–water partition coefficient (Wildman–Crippen LogP) is 17.3. The van der Waals surface area contributed by atoms with Gasteiger partial charge < -0.3 is 27.9 Å². The van der Waals surface area contributed by atoms with E-state index in [1.165, 1.54) is 218 Å². The van der Waals surface area contributed by atoms with Crippen LogP contribution in [0.2, 0.25) is 0 Å². The number of nitrogens with zero attached hydrogens (tertiary/aromatic N) is 1. The van der Waals surface area contributed by atoms with E-state index in [-0.39, 0.29) is 25.8 Å². The molecule has 0 saturated heterocycles. The summed E-state index contributed by atoms with van der Waals surface area (Å²) in [4.78, 5) is 25.2. The summed E-state index contributed by atoms with van der Waals surface area (Å²) in [6.45, 7) is 5.47. The van der Waals surface area contributed by atoms with Crippen molar-refractivity contribution in [3.8, 4) is 0 Å². The largest absolute Gasteiger partial charge is 0.756 e. The second-order valence-electron chi connectivity index (χ2n) is 20.7. The summed E-state index contributed by atoms with van der Waals surface area (Å²) in [5.74, 6) is -0.327. The molecule has 0 radical (unpaired) electrons. The zero-order chi connectivity index (χ0) is 48.3. The molecule has 0 aromatic carbocycles. The molecular weight excluding hydrogens is 842 g/mol. The van der Waals surface area contributed by atoms with Crippen molar-refractivity contribution in [3.05, 3.63) is 24.3 Å². The fourth-order valence-corrected chi connectivity index (χ4v) is 9.07. The molecule has 0 spiro atoms. The van der Waals surface area contributed by atoms with Crippen molar-refractivity contribution in [1.29, 1.82) is 0 Å². The Labute approximate surface area is 411 Å². The van der Waals surface area contributed by atoms with E-state index in [1.54, 1.807) is 0 Å². The first-order valence-corrected chi connectivity index (χ1v) is 30.0. The van der Waals surface area contributed by atoms with Gasteiger partial charge in [-0.2, -0.15) is 0 Å². The third-order valence-corrected chi connectivity index (χ3v) is 13.7. The van der Waals surface area contributed by atoms with Crippen molar-refractivity contribution in [2.24, 2.45) is 0 Å². The molecule has 0 aromatic rings. The zero-order valence-electron chi connectivity index (χ0n) is 44.7. The number of phosphoric acid groups is 1. The SMILES string of the molecule is CCCCCCC/C=C\C/C=C\CCCCCCCCCCCCCCCCOCC(COP(=O)([O-])OCC[N+](C)(C)C)OC(=O)CCCCCCCCCCCCCCCCCCCC. The van der Waals surface area contributed by atoms with Gasteiger partial charge in [0, 0.05) is 13.0 Å². The van der Waals surface area contributed by atoms with Crippen molar-refractivity contribution in [2.75, 3.05) is 54.1 Å². The summed E-state index contributed by atoms with van der Waals surface area (Å²) in [5, 5.41) is 0. The van der Waals surface area contributed by atoms with Gasteiger partial charge in [0.15, 0.2) is 0 Å². The normalized spacial score (nSPS) is 13.6. The third kappa shape index (κ3) is 53.9. The number of rotatable bonds is 54. The second kappa shape index (κ2) is 50.4. The molecule has 9 heteroatoms. The van der Waals surface area contributed by atoms with Gasteiger partial charge in [0.05, 0.1) is 34.4 Å². The molecule has 0 aliphatic rings. The van der Waals surface area contributed by atoms with E-state index in [9.17, 15) is 14.3 Å². The Balaban J connectivity index is 4.02. The highest BCUT2D eigenvalue weighted by molar-refractivity contribution is 7.45. The van der Waals surface area contributed by atoms with E-state index in [2.05, 4.69) is 38.2 Å². The highest BCUT2D eigenvalue weighted by Crippen LogP contribution is 2.38. The summed E-state index contributed by atoms with van der Waals surface area (Å²) in [7, 11) is 1.37. The van der Waals surface area contributed by atoms with Crippen molar-refractivity contribution >= 4 is 13.8 Å². The average molecular weight is 954 g/mol. The van der Waals surface area contributed by atoms with Crippen LogP contribution >= 0.6 is 7.82 Å². The lowest BCUT2D eigenvalue weighted by atomic mass is 10.0. The van der Waals surface area contributed by atoms with Crippen LogP contribution in [0.25, 0.3) is 0 Å². The topological polar surface area (TPSA) is 94.1 Å². The number of allylic oxidation sites excluding steroid dienone is 4. The lowest BCUT2D eigenvalue weighted by molar-refractivity contribution is -0.870. The minimum Gasteiger partial charge on any atom is -0.756 e. The lowest BCUT2D eigenvalue weighted by Gasteiger charge is -2.28. The Hall–Kier alpha value is -1.02. The summed E-state index contributed by atoms with van der Waals surface area (Å²) in [5.41, 5.74) is 0. The number of esters is 1. The van der Waals surface area contributed by atoms with Crippen LogP contribution in [0.15, 0.2) is 24.3 Å². The van der Waals surface area contributed by atoms with Crippen LogP contribution in [-0.4, -0.2) is 70.7 Å². The number of carbonyl (C=O) groups excluding carboxylic acids is 1. The van der Waals surface area contributed by atoms with Crippen LogP contribution in [0.4, 0.5) is 0 Å². The predicted molar refractivity (Wildman–Crippen MR) is 282 cm³/mol. The Morgan fingerprint density at radius 1 is 0.470 bits per heavy atom. The fraction of sp³-hybridized carbons (Fsp3) is 0.912. The Kier molecular flexibility index (Phi) is 49.6. The minimum atomic E-state index is -4.53. The molecule has 2 unspecified atom stereocenters. The van der Waals surface area contributed by atoms with Crippen LogP contribution in [-0.2, 0) is 27.9 Å². The molecule has 0 aliphatic heterocycles. The van der Waals surface area contributed by atoms with Crippen molar-refractivity contribution in [3.63, 3.8) is 0 Å². The molecule has 66 heavy (non-hydrogen) atoms. The molecule has 0 aliphatic carbocycles. The number of phosphoric ester groups is 1. The number of quaternary nitrogens is 1. The maximum Gasteiger partial charge on any atom is 0.306 e. The Morgan fingerprint density at radius 3 is 1.23 bits per heavy atom. The number of ether oxygens (including phenoxy) is 2. The van der Waals surface area contributed by atoms with Gasteiger partial charge >= 0.3 is 5.97 Å². The highest BCUT2D eigenvalue weighted by Gasteiger charge is 2.20. The number of hydrogen-bond donors (Lipinski definition) is 0. The van der Waals surface area contributed by atoms with E-state index in [0.29, 0.717) is 24.1 Å². The molecule has 8 nitrogen and oxygen atoms in total. The van der Waals surface area contributed by atoms with Crippen LogP contribution in [0.3, 0.4) is 0 Å². The number of hydrogen-bond acceptors (Lipinski definition) is 7. The van der Waals surface area contributed by atoms with Crippen LogP contribution in [0.1, 0.15) is 277 Å². The fourth-order valence-electron chi connectivity index (χ4n) is 8.35. The molecular formula is C57H112NO7P. The molecule has 2 atom stereocenters. The van der Waals surface area contributed by atoms with E-state index in [1.807, 2.05) is 21.1 Å². The van der Waals surface area contributed by atoms with Gasteiger partial charge in [-0.1, -0.05) is 250 Å². The maximum atomic E-state index is 12.8. The van der Waals surface area contributed by atoms with Crippen LogP contribution < -0.4 is 4.89 Å². The van der Waals surface area contributed by atoms with Gasteiger partial charge in [0.2, 0.25) is 0 Å². The number of carbonyl (C=O) groups is 1. The maximum absolute atomic E-state index is 12.8. The number of likely N-dealkylation sites (N-methyl/N-ethyl adjacent to an activating group) is 1. The standard InChI is InChI=1S/C57H112NO7P/c1-6-8-10-12-14-16-18-20-22-24-26-27-28-29-30-31-32-33-35-37-39-41-43-45-47-49-52-62-54-56(55-64-66(60,61)63-53-51-58(3,4)5)65-57(59)50-48-46-44-42-40-38-36-34-25-23-21-19-17-15-13-11-9-7-2/h18,20,24,26,56H,6-17,19,21-23,25,27-55H2,1-5H3/b20-18-,26-24-. The number of unbranched alkanes of at least 4 members (excludes halogenated alkanes) is 36. The molecule has 392 valence electrons. The van der Waals surface area contributed by atoms with Crippen molar-refractivity contribution in [1.82, 2.24) is 0 Å². The van der Waals surface area contributed by atoms with E-state index in [0.717, 1.165) is 38.5 Å². The van der Waals surface area contributed by atoms with Crippen molar-refractivity contribution < 1.29 is 37.3 Å². The van der Waals surface area contributed by atoms with Gasteiger partial charge in [0.25, 0.3) is 7.82 Å². The second-order valence-corrected chi connectivity index (χ2v) is 22.1. The van der Waals surface area contributed by atoms with E-state index >= 15 is 0 Å². The molecule has 0 amide bonds. The third-order valence-electron chi connectivity index (χ3n) is 12.8. The lowest BCUT2D eigenvalue weighted by Crippen LogP contribution is -2.37. The summed E-state index contributed by atoms with van der Waals surface area (Å²) >= 11 is 0.